The lowest BCUT2D eigenvalue weighted by atomic mass is 10.0. The number of amides is 1. The quantitative estimate of drug-likeness (QED) is 0.539. The van der Waals surface area contributed by atoms with Crippen LogP contribution in [0.3, 0.4) is 0 Å². The standard InChI is InChI=1S/C25H25F3N6O3/c1-2-36-18-12-14(24(35)32-19-13-15(7-8-30-19)25(26,27)28)5-6-16(18)20-21-22(29)31-9-10-34(21)23(33-20)17-4-3-11-37-17/h5-10,12-13,17,23,33H,2-4,11H2,1H3,(H2,29,31)(H,30,32,35). The van der Waals surface area contributed by atoms with E-state index < -0.39 is 17.6 Å². The highest BCUT2D eigenvalue weighted by atomic mass is 19.4. The Morgan fingerprint density at radius 1 is 1.32 bits per heavy atom. The topological polar surface area (TPSA) is 114 Å². The van der Waals surface area contributed by atoms with Crippen LogP contribution >= 0.6 is 0 Å². The number of nitrogens with one attached hydrogen (secondary N) is 2. The Kier molecular flexibility index (Phi) is 6.50. The second-order valence-electron chi connectivity index (χ2n) is 8.61. The maximum Gasteiger partial charge on any atom is 0.416 e. The van der Waals surface area contributed by atoms with Crippen LogP contribution in [-0.4, -0.2) is 47.1 Å². The summed E-state index contributed by atoms with van der Waals surface area (Å²) in [6.45, 7) is 2.81. The van der Waals surface area contributed by atoms with Gasteiger partial charge in [0.05, 0.1) is 24.0 Å². The number of aliphatic imine (C=N–C) groups is 1. The van der Waals surface area contributed by atoms with Gasteiger partial charge in [-0.05, 0) is 50.1 Å². The first-order chi connectivity index (χ1) is 17.8. The maximum atomic E-state index is 13.0. The molecule has 0 radical (unpaired) electrons. The second kappa shape index (κ2) is 9.77. The van der Waals surface area contributed by atoms with Crippen molar-refractivity contribution >= 4 is 23.3 Å². The van der Waals surface area contributed by atoms with Gasteiger partial charge in [0.1, 0.15) is 29.3 Å². The van der Waals surface area contributed by atoms with Crippen LogP contribution < -0.4 is 21.1 Å². The first-order valence-corrected chi connectivity index (χ1v) is 11.8. The normalized spacial score (nSPS) is 21.0. The van der Waals surface area contributed by atoms with Gasteiger partial charge >= 0.3 is 6.18 Å². The number of benzene rings is 1. The lowest BCUT2D eigenvalue weighted by molar-refractivity contribution is -0.137. The first kappa shape index (κ1) is 24.6. The average molecular weight is 515 g/mol. The Labute approximate surface area is 210 Å². The molecular weight excluding hydrogens is 489 g/mol. The Bertz CT molecular complexity index is 1300. The van der Waals surface area contributed by atoms with E-state index in [1.54, 1.807) is 18.3 Å². The molecule has 2 aromatic rings. The van der Waals surface area contributed by atoms with Crippen molar-refractivity contribution in [2.24, 2.45) is 10.7 Å². The number of fused-ring (bicyclic) bond motifs is 1. The summed E-state index contributed by atoms with van der Waals surface area (Å²) in [4.78, 5) is 22.9. The number of hydrogen-bond acceptors (Lipinski definition) is 8. The molecule has 0 bridgehead atoms. The minimum Gasteiger partial charge on any atom is -0.493 e. The third-order valence-corrected chi connectivity index (χ3v) is 6.23. The van der Waals surface area contributed by atoms with Crippen LogP contribution in [0.25, 0.3) is 5.70 Å². The summed E-state index contributed by atoms with van der Waals surface area (Å²) >= 11 is 0. The molecule has 12 heteroatoms. The molecule has 2 unspecified atom stereocenters. The molecule has 194 valence electrons. The van der Waals surface area contributed by atoms with Gasteiger partial charge in [0.2, 0.25) is 0 Å². The highest BCUT2D eigenvalue weighted by Gasteiger charge is 2.41. The summed E-state index contributed by atoms with van der Waals surface area (Å²) < 4.78 is 50.9. The molecular formula is C25H25F3N6O3. The first-order valence-electron chi connectivity index (χ1n) is 11.8. The van der Waals surface area contributed by atoms with Crippen LogP contribution in [0.4, 0.5) is 19.0 Å². The molecule has 3 aliphatic rings. The zero-order valence-corrected chi connectivity index (χ0v) is 19.9. The van der Waals surface area contributed by atoms with Crippen molar-refractivity contribution in [1.82, 2.24) is 15.2 Å². The lowest BCUT2D eigenvalue weighted by Crippen LogP contribution is -2.45. The number of nitrogens with two attached hydrogens (primary N) is 1. The highest BCUT2D eigenvalue weighted by molar-refractivity contribution is 6.07. The van der Waals surface area contributed by atoms with Crippen LogP contribution in [0.2, 0.25) is 0 Å². The van der Waals surface area contributed by atoms with Gasteiger partial charge in [0.25, 0.3) is 5.91 Å². The van der Waals surface area contributed by atoms with Gasteiger partial charge in [-0.3, -0.25) is 4.79 Å². The zero-order chi connectivity index (χ0) is 26.2. The number of nitrogens with zero attached hydrogens (tertiary/aromatic N) is 3. The van der Waals surface area contributed by atoms with Gasteiger partial charge in [0, 0.05) is 36.3 Å². The van der Waals surface area contributed by atoms with E-state index in [2.05, 4.69) is 20.6 Å². The average Bonchev–Trinajstić information content (AvgIpc) is 3.53. The van der Waals surface area contributed by atoms with Crippen molar-refractivity contribution in [2.75, 3.05) is 18.5 Å². The van der Waals surface area contributed by atoms with Crippen molar-refractivity contribution in [1.29, 1.82) is 0 Å². The van der Waals surface area contributed by atoms with Crippen molar-refractivity contribution in [3.05, 3.63) is 71.3 Å². The summed E-state index contributed by atoms with van der Waals surface area (Å²) in [6, 6.07) is 6.42. The molecule has 0 saturated carbocycles. The summed E-state index contributed by atoms with van der Waals surface area (Å²) in [5.74, 6) is -0.114. The van der Waals surface area contributed by atoms with Crippen LogP contribution in [-0.2, 0) is 10.9 Å². The van der Waals surface area contributed by atoms with E-state index in [1.165, 1.54) is 6.07 Å². The number of rotatable bonds is 6. The SMILES string of the molecule is CCOc1cc(C(=O)Nc2cc(C(F)(F)F)ccn2)ccc1C1=C2C(N)=NC=CN2C(C2CCCO2)N1. The van der Waals surface area contributed by atoms with Gasteiger partial charge < -0.3 is 30.7 Å². The number of amidine groups is 1. The Morgan fingerprint density at radius 2 is 2.16 bits per heavy atom. The molecule has 4 heterocycles. The van der Waals surface area contributed by atoms with Gasteiger partial charge in [-0.2, -0.15) is 13.2 Å². The molecule has 1 amide bonds. The molecule has 5 rings (SSSR count). The van der Waals surface area contributed by atoms with Crippen molar-refractivity contribution in [3.8, 4) is 5.75 Å². The molecule has 1 fully saturated rings. The Balaban J connectivity index is 1.46. The second-order valence-corrected chi connectivity index (χ2v) is 8.61. The molecule has 0 spiro atoms. The summed E-state index contributed by atoms with van der Waals surface area (Å²) in [5, 5.41) is 5.92. The third kappa shape index (κ3) is 4.84. The Hall–Kier alpha value is -4.06. The molecule has 1 aromatic carbocycles. The molecule has 1 saturated heterocycles. The monoisotopic (exact) mass is 514 g/mol. The van der Waals surface area contributed by atoms with Gasteiger partial charge in [-0.15, -0.1) is 0 Å². The van der Waals surface area contributed by atoms with Gasteiger partial charge in [-0.25, -0.2) is 9.98 Å². The fourth-order valence-corrected chi connectivity index (χ4v) is 4.57. The van der Waals surface area contributed by atoms with E-state index >= 15 is 0 Å². The number of hydrogen-bond donors (Lipinski definition) is 3. The number of aromatic nitrogens is 1. The summed E-state index contributed by atoms with van der Waals surface area (Å²) in [6.07, 6.45) is 1.51. The largest absolute Gasteiger partial charge is 0.493 e. The molecule has 9 nitrogen and oxygen atoms in total. The smallest absolute Gasteiger partial charge is 0.416 e. The van der Waals surface area contributed by atoms with Crippen LogP contribution in [0, 0.1) is 0 Å². The molecule has 1 aromatic heterocycles. The predicted molar refractivity (Wildman–Crippen MR) is 130 cm³/mol. The molecule has 2 atom stereocenters. The van der Waals surface area contributed by atoms with Crippen molar-refractivity contribution in [2.45, 2.75) is 38.2 Å². The predicted octanol–water partition coefficient (Wildman–Crippen LogP) is 3.67. The fourth-order valence-electron chi connectivity index (χ4n) is 4.57. The van der Waals surface area contributed by atoms with Gasteiger partial charge in [0.15, 0.2) is 0 Å². The van der Waals surface area contributed by atoms with Crippen molar-refractivity contribution < 1.29 is 27.4 Å². The number of halogens is 3. The molecule has 4 N–H and O–H groups in total. The van der Waals surface area contributed by atoms with Crippen LogP contribution in [0.1, 0.15) is 41.3 Å². The Morgan fingerprint density at radius 3 is 2.89 bits per heavy atom. The fraction of sp³-hybridized carbons (Fsp3) is 0.320. The van der Waals surface area contributed by atoms with E-state index in [1.807, 2.05) is 18.0 Å². The number of anilines is 1. The van der Waals surface area contributed by atoms with E-state index in [4.69, 9.17) is 15.2 Å². The maximum absolute atomic E-state index is 13.0. The van der Waals surface area contributed by atoms with Gasteiger partial charge in [-0.1, -0.05) is 0 Å². The van der Waals surface area contributed by atoms with E-state index in [9.17, 15) is 18.0 Å². The van der Waals surface area contributed by atoms with Crippen molar-refractivity contribution in [3.63, 3.8) is 0 Å². The molecule has 3 aliphatic heterocycles. The minimum absolute atomic E-state index is 0.0522. The van der Waals surface area contributed by atoms with Crippen LogP contribution in [0.15, 0.2) is 59.6 Å². The van der Waals surface area contributed by atoms with E-state index in [-0.39, 0.29) is 23.7 Å². The van der Waals surface area contributed by atoms with Crippen LogP contribution in [0.5, 0.6) is 5.75 Å². The lowest BCUT2D eigenvalue weighted by Gasteiger charge is -2.30. The molecule has 37 heavy (non-hydrogen) atoms. The number of carbonyl (C=O) groups excluding carboxylic acids is 1. The number of pyridine rings is 1. The molecule has 0 aliphatic carbocycles. The van der Waals surface area contributed by atoms with E-state index in [0.717, 1.165) is 31.2 Å². The summed E-state index contributed by atoms with van der Waals surface area (Å²) in [5.41, 5.74) is 7.56. The number of alkyl halides is 3. The summed E-state index contributed by atoms with van der Waals surface area (Å²) in [7, 11) is 0. The number of ether oxygens (including phenoxy) is 2. The zero-order valence-electron chi connectivity index (χ0n) is 19.9. The minimum atomic E-state index is -4.55. The van der Waals surface area contributed by atoms with E-state index in [0.29, 0.717) is 41.8 Å². The highest BCUT2D eigenvalue weighted by Crippen LogP contribution is 2.38. The third-order valence-electron chi connectivity index (χ3n) is 6.23. The number of carbonyl (C=O) groups is 1.